The van der Waals surface area contributed by atoms with Crippen LogP contribution in [0.2, 0.25) is 5.02 Å². The predicted molar refractivity (Wildman–Crippen MR) is 78.6 cm³/mol. The van der Waals surface area contributed by atoms with Crippen LogP contribution < -0.4 is 5.32 Å². The van der Waals surface area contributed by atoms with Crippen LogP contribution in [0.25, 0.3) is 0 Å². The van der Waals surface area contributed by atoms with Gasteiger partial charge in [-0.15, -0.1) is 0 Å². The maximum absolute atomic E-state index is 11.8. The molecule has 118 valence electrons. The Morgan fingerprint density at radius 3 is 2.73 bits per heavy atom. The van der Waals surface area contributed by atoms with Gasteiger partial charge in [0.05, 0.1) is 34.1 Å². The highest BCUT2D eigenvalue weighted by molar-refractivity contribution is 6.31. The van der Waals surface area contributed by atoms with E-state index in [9.17, 15) is 14.9 Å². The third-order valence-electron chi connectivity index (χ3n) is 2.99. The van der Waals surface area contributed by atoms with Gasteiger partial charge in [-0.1, -0.05) is 11.6 Å². The second-order valence-electron chi connectivity index (χ2n) is 4.73. The van der Waals surface area contributed by atoms with E-state index >= 15 is 0 Å². The number of aryl methyl sites for hydroxylation is 2. The summed E-state index contributed by atoms with van der Waals surface area (Å²) in [5.41, 5.74) is 1.32. The van der Waals surface area contributed by atoms with Gasteiger partial charge < -0.3 is 15.4 Å². The zero-order valence-corrected chi connectivity index (χ0v) is 12.9. The van der Waals surface area contributed by atoms with Gasteiger partial charge >= 0.3 is 5.82 Å². The highest BCUT2D eigenvalue weighted by Crippen LogP contribution is 2.12. The van der Waals surface area contributed by atoms with Crippen LogP contribution in [-0.4, -0.2) is 36.9 Å². The number of hydrogen-bond donors (Lipinski definition) is 1. The van der Waals surface area contributed by atoms with Crippen molar-refractivity contribution in [3.8, 4) is 0 Å². The molecular weight excluding hydrogens is 312 g/mol. The summed E-state index contributed by atoms with van der Waals surface area (Å²) in [6, 6.07) is 1.39. The lowest BCUT2D eigenvalue weighted by atomic mass is 10.4. The summed E-state index contributed by atoms with van der Waals surface area (Å²) < 4.78 is 2.93. The van der Waals surface area contributed by atoms with E-state index in [1.54, 1.807) is 20.0 Å². The summed E-state index contributed by atoms with van der Waals surface area (Å²) >= 11 is 5.86. The fourth-order valence-corrected chi connectivity index (χ4v) is 2.04. The molecule has 0 fully saturated rings. The third-order valence-corrected chi connectivity index (χ3v) is 3.36. The number of nitrogens with one attached hydrogen (secondary N) is 1. The molecule has 0 atom stereocenters. The van der Waals surface area contributed by atoms with Crippen molar-refractivity contribution in [3.63, 3.8) is 0 Å². The molecule has 0 bridgehead atoms. The number of carbonyl (C=O) groups is 1. The Hall–Kier alpha value is -2.42. The number of amides is 1. The number of halogens is 1. The lowest BCUT2D eigenvalue weighted by molar-refractivity contribution is -0.389. The molecular formula is C12H15ClN6O3. The topological polar surface area (TPSA) is 108 Å². The first-order valence-corrected chi connectivity index (χ1v) is 6.89. The van der Waals surface area contributed by atoms with Crippen molar-refractivity contribution < 1.29 is 9.72 Å². The summed E-state index contributed by atoms with van der Waals surface area (Å²) in [6.07, 6.45) is 1.58. The average Bonchev–Trinajstić information content (AvgIpc) is 2.94. The van der Waals surface area contributed by atoms with Crippen LogP contribution in [0.15, 0.2) is 12.3 Å². The summed E-state index contributed by atoms with van der Waals surface area (Å²) in [5, 5.41) is 21.7. The van der Waals surface area contributed by atoms with E-state index < -0.39 is 4.92 Å². The van der Waals surface area contributed by atoms with E-state index in [2.05, 4.69) is 15.5 Å². The summed E-state index contributed by atoms with van der Waals surface area (Å²) in [6.45, 7) is 4.20. The second kappa shape index (κ2) is 6.56. The molecule has 0 saturated heterocycles. The quantitative estimate of drug-likeness (QED) is 0.631. The Labute approximate surface area is 131 Å². The van der Waals surface area contributed by atoms with Crippen molar-refractivity contribution in [2.45, 2.75) is 26.9 Å². The van der Waals surface area contributed by atoms with Gasteiger partial charge in [0.15, 0.2) is 0 Å². The smallest absolute Gasteiger partial charge is 0.358 e. The van der Waals surface area contributed by atoms with Crippen molar-refractivity contribution in [2.75, 3.05) is 6.54 Å². The van der Waals surface area contributed by atoms with E-state index in [1.165, 1.54) is 15.4 Å². The van der Waals surface area contributed by atoms with Gasteiger partial charge in [0.1, 0.15) is 6.54 Å². The predicted octanol–water partition coefficient (Wildman–Crippen LogP) is 1.07. The van der Waals surface area contributed by atoms with Gasteiger partial charge in [-0.2, -0.15) is 9.78 Å². The van der Waals surface area contributed by atoms with Gasteiger partial charge in [-0.05, 0) is 18.8 Å². The van der Waals surface area contributed by atoms with Crippen molar-refractivity contribution in [1.82, 2.24) is 24.9 Å². The number of nitro groups is 1. The average molecular weight is 327 g/mol. The molecule has 1 amide bonds. The Kier molecular flexibility index (Phi) is 4.76. The fourth-order valence-electron chi connectivity index (χ4n) is 1.89. The molecule has 0 saturated carbocycles. The van der Waals surface area contributed by atoms with E-state index in [1.807, 2.05) is 0 Å². The van der Waals surface area contributed by atoms with E-state index in [0.717, 1.165) is 0 Å². The lowest BCUT2D eigenvalue weighted by Crippen LogP contribution is -2.31. The first kappa shape index (κ1) is 16.0. The molecule has 0 spiro atoms. The van der Waals surface area contributed by atoms with Crippen LogP contribution >= 0.6 is 11.6 Å². The van der Waals surface area contributed by atoms with Gasteiger partial charge in [0.2, 0.25) is 5.91 Å². The molecule has 0 aromatic carbocycles. The molecule has 2 aromatic heterocycles. The Balaban J connectivity index is 1.83. The third kappa shape index (κ3) is 3.82. The van der Waals surface area contributed by atoms with Gasteiger partial charge in [0.25, 0.3) is 0 Å². The first-order chi connectivity index (χ1) is 10.4. The fraction of sp³-hybridized carbons (Fsp3) is 0.417. The number of rotatable bonds is 6. The molecule has 1 N–H and O–H groups in total. The molecule has 0 radical (unpaired) electrons. The molecule has 0 unspecified atom stereocenters. The van der Waals surface area contributed by atoms with Crippen LogP contribution in [0.1, 0.15) is 11.4 Å². The lowest BCUT2D eigenvalue weighted by Gasteiger charge is -2.05. The Morgan fingerprint density at radius 1 is 1.45 bits per heavy atom. The number of nitrogens with zero attached hydrogens (tertiary/aromatic N) is 5. The monoisotopic (exact) mass is 326 g/mol. The van der Waals surface area contributed by atoms with Crippen molar-refractivity contribution in [1.29, 1.82) is 0 Å². The summed E-state index contributed by atoms with van der Waals surface area (Å²) in [7, 11) is 0. The van der Waals surface area contributed by atoms with Gasteiger partial charge in [-0.25, -0.2) is 0 Å². The highest BCUT2D eigenvalue weighted by Gasteiger charge is 2.15. The van der Waals surface area contributed by atoms with Gasteiger partial charge in [0, 0.05) is 12.7 Å². The largest absolute Gasteiger partial charge is 0.390 e. The van der Waals surface area contributed by atoms with E-state index in [-0.39, 0.29) is 18.3 Å². The van der Waals surface area contributed by atoms with Crippen LogP contribution in [0.4, 0.5) is 5.82 Å². The minimum Gasteiger partial charge on any atom is -0.358 e. The minimum absolute atomic E-state index is 0.0613. The van der Waals surface area contributed by atoms with Crippen molar-refractivity contribution in [2.24, 2.45) is 0 Å². The number of hydrogen-bond acceptors (Lipinski definition) is 5. The standard InChI is InChI=1S/C12H15ClN6O3/c1-8-5-11(19(21)22)16-18(8)4-3-14-12(20)7-17-6-10(13)9(2)15-17/h5-6H,3-4,7H2,1-2H3,(H,14,20). The molecule has 22 heavy (non-hydrogen) atoms. The second-order valence-corrected chi connectivity index (χ2v) is 5.14. The first-order valence-electron chi connectivity index (χ1n) is 6.52. The van der Waals surface area contributed by atoms with E-state index in [4.69, 9.17) is 11.6 Å². The molecule has 2 rings (SSSR count). The molecule has 0 aliphatic heterocycles. The van der Waals surface area contributed by atoms with Crippen molar-refractivity contribution in [3.05, 3.63) is 38.8 Å². The zero-order chi connectivity index (χ0) is 16.3. The van der Waals surface area contributed by atoms with E-state index in [0.29, 0.717) is 29.5 Å². The Morgan fingerprint density at radius 2 is 2.18 bits per heavy atom. The SMILES string of the molecule is Cc1nn(CC(=O)NCCn2nc([N+](=O)[O-])cc2C)cc1Cl. The van der Waals surface area contributed by atoms with Crippen LogP contribution in [-0.2, 0) is 17.9 Å². The van der Waals surface area contributed by atoms with Crippen molar-refractivity contribution >= 4 is 23.3 Å². The maximum Gasteiger partial charge on any atom is 0.390 e. The molecule has 0 aliphatic carbocycles. The number of aromatic nitrogens is 4. The zero-order valence-electron chi connectivity index (χ0n) is 12.1. The van der Waals surface area contributed by atoms with Gasteiger partial charge in [-0.3, -0.25) is 9.48 Å². The Bertz CT molecular complexity index is 688. The molecule has 0 aliphatic rings. The molecule has 10 heteroatoms. The van der Waals surface area contributed by atoms with Crippen LogP contribution in [0, 0.1) is 24.0 Å². The van der Waals surface area contributed by atoms with Crippen LogP contribution in [0.3, 0.4) is 0 Å². The molecule has 2 heterocycles. The normalized spacial score (nSPS) is 10.7. The highest BCUT2D eigenvalue weighted by atomic mass is 35.5. The maximum atomic E-state index is 11.8. The molecule has 9 nitrogen and oxygen atoms in total. The number of carbonyl (C=O) groups excluding carboxylic acids is 1. The summed E-state index contributed by atoms with van der Waals surface area (Å²) in [4.78, 5) is 21.8. The minimum atomic E-state index is -0.550. The molecule has 2 aromatic rings. The summed E-state index contributed by atoms with van der Waals surface area (Å²) in [5.74, 6) is -0.427. The van der Waals surface area contributed by atoms with Crippen LogP contribution in [0.5, 0.6) is 0 Å².